The van der Waals surface area contributed by atoms with E-state index in [0.717, 1.165) is 20.0 Å². The Labute approximate surface area is 164 Å². The quantitative estimate of drug-likeness (QED) is 0.483. The van der Waals surface area contributed by atoms with Crippen molar-refractivity contribution in [3.8, 4) is 0 Å². The lowest BCUT2D eigenvalue weighted by Gasteiger charge is -2.29. The third kappa shape index (κ3) is 5.64. The summed E-state index contributed by atoms with van der Waals surface area (Å²) in [7, 11) is 2.33. The average molecular weight is 396 g/mol. The Hall–Kier alpha value is -2.71. The second kappa shape index (κ2) is 10.6. The van der Waals surface area contributed by atoms with E-state index in [2.05, 4.69) is 10.3 Å². The number of amides is 1. The van der Waals surface area contributed by atoms with Gasteiger partial charge in [-0.15, -0.1) is 0 Å². The zero-order chi connectivity index (χ0) is 21.4. The Balaban J connectivity index is 3.06. The van der Waals surface area contributed by atoms with Gasteiger partial charge in [-0.3, -0.25) is 19.4 Å². The van der Waals surface area contributed by atoms with Gasteiger partial charge in [0.2, 0.25) is 0 Å². The van der Waals surface area contributed by atoms with Crippen LogP contribution in [0.15, 0.2) is 16.3 Å². The van der Waals surface area contributed by atoms with Crippen molar-refractivity contribution in [1.29, 1.82) is 0 Å². The third-order valence-corrected chi connectivity index (χ3v) is 4.42. The summed E-state index contributed by atoms with van der Waals surface area (Å²) in [5.74, 6) is -5.35. The molecular formula is C19H28N2O7. The van der Waals surface area contributed by atoms with Crippen molar-refractivity contribution < 1.29 is 33.4 Å². The standard InChI is InChI=1S/C19H28N2O7/c1-7-8-10(2)20-13(22)9-28-19(25)16-14(17(23)26-5)11(3)21-12(4)15(16)18(24)27-6/h10,14,16H,7-9H2,1-6H3,(H,20,22)/t10-,14?,16-/m0/s1. The number of hydrogen-bond donors (Lipinski definition) is 1. The molecule has 0 saturated heterocycles. The number of methoxy groups -OCH3 is 2. The fraction of sp³-hybridized carbons (Fsp3) is 0.632. The van der Waals surface area contributed by atoms with Crippen LogP contribution in [0.3, 0.4) is 0 Å². The van der Waals surface area contributed by atoms with Gasteiger partial charge in [0.1, 0.15) is 11.8 Å². The van der Waals surface area contributed by atoms with Crippen molar-refractivity contribution in [1.82, 2.24) is 5.32 Å². The first-order chi connectivity index (χ1) is 13.2. The molecule has 1 aliphatic heterocycles. The monoisotopic (exact) mass is 396 g/mol. The van der Waals surface area contributed by atoms with E-state index in [1.807, 2.05) is 13.8 Å². The number of esters is 3. The van der Waals surface area contributed by atoms with Crippen molar-refractivity contribution in [2.24, 2.45) is 16.8 Å². The van der Waals surface area contributed by atoms with Crippen molar-refractivity contribution in [2.75, 3.05) is 20.8 Å². The molecule has 0 radical (unpaired) electrons. The molecule has 1 amide bonds. The normalized spacial score (nSPS) is 20.0. The Bertz CT molecular complexity index is 696. The van der Waals surface area contributed by atoms with Gasteiger partial charge in [0.15, 0.2) is 6.61 Å². The summed E-state index contributed by atoms with van der Waals surface area (Å²) in [6.07, 6.45) is 1.69. The van der Waals surface area contributed by atoms with Crippen LogP contribution in [-0.2, 0) is 33.4 Å². The number of ether oxygens (including phenoxy) is 3. The molecule has 0 saturated carbocycles. The van der Waals surface area contributed by atoms with Gasteiger partial charge in [0.25, 0.3) is 5.91 Å². The molecule has 9 nitrogen and oxygen atoms in total. The van der Waals surface area contributed by atoms with Crippen LogP contribution in [0.1, 0.15) is 40.5 Å². The summed E-state index contributed by atoms with van der Waals surface area (Å²) >= 11 is 0. The van der Waals surface area contributed by atoms with Crippen LogP contribution < -0.4 is 5.32 Å². The van der Waals surface area contributed by atoms with Crippen LogP contribution in [0.2, 0.25) is 0 Å². The second-order valence-corrected chi connectivity index (χ2v) is 6.59. The highest BCUT2D eigenvalue weighted by Crippen LogP contribution is 2.33. The number of carbonyl (C=O) groups excluding carboxylic acids is 4. The van der Waals surface area contributed by atoms with Crippen LogP contribution in [0.25, 0.3) is 0 Å². The summed E-state index contributed by atoms with van der Waals surface area (Å²) in [4.78, 5) is 53.4. The molecule has 28 heavy (non-hydrogen) atoms. The van der Waals surface area contributed by atoms with Crippen molar-refractivity contribution in [2.45, 2.75) is 46.6 Å². The number of nitrogens with one attached hydrogen (secondary N) is 1. The van der Waals surface area contributed by atoms with E-state index >= 15 is 0 Å². The number of carbonyl (C=O) groups is 4. The lowest BCUT2D eigenvalue weighted by Crippen LogP contribution is -2.43. The van der Waals surface area contributed by atoms with E-state index in [0.29, 0.717) is 5.71 Å². The Kier molecular flexibility index (Phi) is 8.81. The molecule has 0 fully saturated rings. The highest BCUT2D eigenvalue weighted by Gasteiger charge is 2.46. The first kappa shape index (κ1) is 23.3. The molecule has 9 heteroatoms. The Morgan fingerprint density at radius 2 is 1.71 bits per heavy atom. The van der Waals surface area contributed by atoms with Gasteiger partial charge in [-0.05, 0) is 27.2 Å². The zero-order valence-electron chi connectivity index (χ0n) is 17.2. The molecule has 156 valence electrons. The fourth-order valence-electron chi connectivity index (χ4n) is 3.15. The SMILES string of the molecule is CCC[C@H](C)NC(=O)COC(=O)[C@@H]1C(C(=O)OC)=C(C)N=C(C)C1C(=O)OC. The molecule has 0 aromatic carbocycles. The largest absolute Gasteiger partial charge is 0.468 e. The molecule has 1 unspecified atom stereocenters. The second-order valence-electron chi connectivity index (χ2n) is 6.59. The maximum atomic E-state index is 12.8. The van der Waals surface area contributed by atoms with E-state index < -0.39 is 42.3 Å². The molecular weight excluding hydrogens is 368 g/mol. The minimum atomic E-state index is -1.31. The lowest BCUT2D eigenvalue weighted by atomic mass is 9.80. The van der Waals surface area contributed by atoms with Crippen molar-refractivity contribution >= 4 is 29.5 Å². The Morgan fingerprint density at radius 3 is 2.25 bits per heavy atom. The minimum Gasteiger partial charge on any atom is -0.468 e. The first-order valence-electron chi connectivity index (χ1n) is 9.05. The summed E-state index contributed by atoms with van der Waals surface area (Å²) < 4.78 is 14.6. The summed E-state index contributed by atoms with van der Waals surface area (Å²) in [6, 6.07) is -0.0594. The van der Waals surface area contributed by atoms with Crippen LogP contribution in [0.4, 0.5) is 0 Å². The predicted octanol–water partition coefficient (Wildman–Crippen LogP) is 1.16. The van der Waals surface area contributed by atoms with Gasteiger partial charge in [-0.1, -0.05) is 13.3 Å². The Morgan fingerprint density at radius 1 is 1.07 bits per heavy atom. The van der Waals surface area contributed by atoms with Crippen LogP contribution >= 0.6 is 0 Å². The molecule has 1 N–H and O–H groups in total. The van der Waals surface area contributed by atoms with Crippen molar-refractivity contribution in [3.05, 3.63) is 11.3 Å². The van der Waals surface area contributed by atoms with E-state index in [1.54, 1.807) is 6.92 Å². The topological polar surface area (TPSA) is 120 Å². The van der Waals surface area contributed by atoms with Gasteiger partial charge in [-0.25, -0.2) is 4.79 Å². The summed E-state index contributed by atoms with van der Waals surface area (Å²) in [5.41, 5.74) is 0.459. The maximum absolute atomic E-state index is 12.8. The van der Waals surface area contributed by atoms with Crippen LogP contribution in [-0.4, -0.2) is 56.4 Å². The molecule has 1 heterocycles. The molecule has 0 bridgehead atoms. The highest BCUT2D eigenvalue weighted by molar-refractivity contribution is 6.10. The van der Waals surface area contributed by atoms with E-state index in [9.17, 15) is 19.2 Å². The lowest BCUT2D eigenvalue weighted by molar-refractivity contribution is -0.158. The maximum Gasteiger partial charge on any atom is 0.336 e. The van der Waals surface area contributed by atoms with Gasteiger partial charge in [0, 0.05) is 17.5 Å². The number of nitrogens with zero attached hydrogens (tertiary/aromatic N) is 1. The molecule has 0 aromatic heterocycles. The van der Waals surface area contributed by atoms with Gasteiger partial charge >= 0.3 is 17.9 Å². The summed E-state index contributed by atoms with van der Waals surface area (Å²) in [5, 5.41) is 2.71. The molecule has 0 aliphatic carbocycles. The summed E-state index contributed by atoms with van der Waals surface area (Å²) in [6.45, 7) is 6.40. The predicted molar refractivity (Wildman–Crippen MR) is 100 cm³/mol. The first-order valence-corrected chi connectivity index (χ1v) is 9.05. The highest BCUT2D eigenvalue weighted by atomic mass is 16.5. The molecule has 3 atom stereocenters. The van der Waals surface area contributed by atoms with Crippen molar-refractivity contribution in [3.63, 3.8) is 0 Å². The van der Waals surface area contributed by atoms with E-state index in [-0.39, 0.29) is 17.3 Å². The van der Waals surface area contributed by atoms with Crippen LogP contribution in [0.5, 0.6) is 0 Å². The molecule has 0 aromatic rings. The number of aliphatic imine (C=N–C) groups is 1. The number of hydrogen-bond acceptors (Lipinski definition) is 8. The minimum absolute atomic E-state index is 0.0594. The fourth-order valence-corrected chi connectivity index (χ4v) is 3.15. The zero-order valence-corrected chi connectivity index (χ0v) is 17.2. The number of rotatable bonds is 8. The van der Waals surface area contributed by atoms with Gasteiger partial charge in [0.05, 0.1) is 19.8 Å². The third-order valence-electron chi connectivity index (χ3n) is 4.42. The molecule has 1 rings (SSSR count). The van der Waals surface area contributed by atoms with E-state index in [4.69, 9.17) is 14.2 Å². The smallest absolute Gasteiger partial charge is 0.336 e. The van der Waals surface area contributed by atoms with Crippen LogP contribution in [0, 0.1) is 11.8 Å². The number of allylic oxidation sites excluding steroid dienone is 1. The van der Waals surface area contributed by atoms with Gasteiger partial charge in [-0.2, -0.15) is 0 Å². The average Bonchev–Trinajstić information content (AvgIpc) is 2.64. The van der Waals surface area contributed by atoms with Gasteiger partial charge < -0.3 is 19.5 Å². The van der Waals surface area contributed by atoms with E-state index in [1.165, 1.54) is 14.0 Å². The molecule has 0 spiro atoms. The molecule has 1 aliphatic rings.